The van der Waals surface area contributed by atoms with Gasteiger partial charge >= 0.3 is 5.97 Å². The fraction of sp³-hybridized carbons (Fsp3) is 0.130. The summed E-state index contributed by atoms with van der Waals surface area (Å²) >= 11 is 0. The molecule has 30 heavy (non-hydrogen) atoms. The van der Waals surface area contributed by atoms with Gasteiger partial charge in [-0.2, -0.15) is 0 Å². The number of sulfonamides is 1. The minimum atomic E-state index is -3.75. The lowest BCUT2D eigenvalue weighted by atomic mass is 10.0. The Kier molecular flexibility index (Phi) is 6.32. The van der Waals surface area contributed by atoms with Gasteiger partial charge in [-0.1, -0.05) is 36.4 Å². The Morgan fingerprint density at radius 3 is 2.07 bits per heavy atom. The summed E-state index contributed by atoms with van der Waals surface area (Å²) in [6.07, 6.45) is 1.37. The van der Waals surface area contributed by atoms with Crippen molar-refractivity contribution in [2.75, 3.05) is 4.72 Å². The first kappa shape index (κ1) is 21.3. The number of carboxylic acids is 1. The molecule has 0 amide bonds. The molecule has 0 aromatic heterocycles. The van der Waals surface area contributed by atoms with Crippen LogP contribution in [0.3, 0.4) is 0 Å². The predicted octanol–water partition coefficient (Wildman–Crippen LogP) is 4.17. The van der Waals surface area contributed by atoms with Crippen LogP contribution in [-0.4, -0.2) is 25.3 Å². The minimum Gasteiger partial charge on any atom is -0.478 e. The van der Waals surface area contributed by atoms with Gasteiger partial charge in [-0.25, -0.2) is 13.2 Å². The van der Waals surface area contributed by atoms with Gasteiger partial charge in [0, 0.05) is 11.3 Å². The van der Waals surface area contributed by atoms with Crippen LogP contribution < -0.4 is 4.72 Å². The van der Waals surface area contributed by atoms with E-state index in [9.17, 15) is 18.0 Å². The monoisotopic (exact) mass is 423 g/mol. The number of hydrogen-bond donors (Lipinski definition) is 2. The quantitative estimate of drug-likeness (QED) is 0.530. The van der Waals surface area contributed by atoms with Crippen LogP contribution in [0.25, 0.3) is 0 Å². The number of carboxylic acid groups (broad SMARTS) is 1. The molecule has 154 valence electrons. The third-order valence-corrected chi connectivity index (χ3v) is 6.05. The number of ketones is 1. The Bertz CT molecular complexity index is 1170. The van der Waals surface area contributed by atoms with Crippen molar-refractivity contribution >= 4 is 27.5 Å². The third kappa shape index (κ3) is 5.33. The SMILES string of the molecule is CC(=O)c1ccc(S(=O)(=O)Nc2ccc(CCc3cccc(C(=O)O)c3)cc2)cc1. The molecule has 0 saturated heterocycles. The molecule has 0 atom stereocenters. The van der Waals surface area contributed by atoms with Crippen LogP contribution in [0, 0.1) is 0 Å². The van der Waals surface area contributed by atoms with Crippen LogP contribution in [-0.2, 0) is 22.9 Å². The van der Waals surface area contributed by atoms with E-state index in [-0.39, 0.29) is 16.2 Å². The first-order valence-electron chi connectivity index (χ1n) is 9.29. The summed E-state index contributed by atoms with van der Waals surface area (Å²) in [5, 5.41) is 9.07. The second kappa shape index (κ2) is 8.92. The molecule has 0 unspecified atom stereocenters. The van der Waals surface area contributed by atoms with Gasteiger partial charge in [-0.05, 0) is 67.3 Å². The fourth-order valence-electron chi connectivity index (χ4n) is 2.97. The maximum atomic E-state index is 12.5. The minimum absolute atomic E-state index is 0.0786. The Morgan fingerprint density at radius 2 is 1.47 bits per heavy atom. The molecule has 0 radical (unpaired) electrons. The molecule has 0 aliphatic heterocycles. The van der Waals surface area contributed by atoms with Crippen LogP contribution in [0.4, 0.5) is 5.69 Å². The van der Waals surface area contributed by atoms with Crippen molar-refractivity contribution in [1.29, 1.82) is 0 Å². The van der Waals surface area contributed by atoms with Crippen molar-refractivity contribution in [2.45, 2.75) is 24.7 Å². The second-order valence-electron chi connectivity index (χ2n) is 6.89. The molecule has 0 heterocycles. The number of aryl methyl sites for hydroxylation is 2. The molecular formula is C23H21NO5S. The van der Waals surface area contributed by atoms with E-state index >= 15 is 0 Å². The lowest BCUT2D eigenvalue weighted by Crippen LogP contribution is -2.13. The number of hydrogen-bond acceptors (Lipinski definition) is 4. The molecule has 3 rings (SSSR count). The van der Waals surface area contributed by atoms with Crippen LogP contribution in [0.5, 0.6) is 0 Å². The zero-order valence-electron chi connectivity index (χ0n) is 16.3. The summed E-state index contributed by atoms with van der Waals surface area (Å²) in [5.74, 6) is -1.08. The van der Waals surface area contributed by atoms with Crippen molar-refractivity contribution in [3.05, 3.63) is 95.1 Å². The number of Topliss-reactive ketones (excluding diaryl/α,β-unsaturated/α-hetero) is 1. The maximum absolute atomic E-state index is 12.5. The molecule has 3 aromatic carbocycles. The molecular weight excluding hydrogens is 402 g/mol. The van der Waals surface area contributed by atoms with E-state index in [1.807, 2.05) is 18.2 Å². The highest BCUT2D eigenvalue weighted by molar-refractivity contribution is 7.92. The van der Waals surface area contributed by atoms with Gasteiger partial charge in [0.2, 0.25) is 0 Å². The molecule has 2 N–H and O–H groups in total. The topological polar surface area (TPSA) is 101 Å². The Balaban J connectivity index is 1.64. The van der Waals surface area contributed by atoms with Crippen molar-refractivity contribution in [3.8, 4) is 0 Å². The molecule has 0 saturated carbocycles. The van der Waals surface area contributed by atoms with Crippen molar-refractivity contribution in [1.82, 2.24) is 0 Å². The summed E-state index contributed by atoms with van der Waals surface area (Å²) in [6.45, 7) is 1.42. The summed E-state index contributed by atoms with van der Waals surface area (Å²) in [7, 11) is -3.75. The average Bonchev–Trinajstić information content (AvgIpc) is 2.73. The van der Waals surface area contributed by atoms with E-state index in [2.05, 4.69) is 4.72 Å². The smallest absolute Gasteiger partial charge is 0.335 e. The number of anilines is 1. The number of carbonyl (C=O) groups excluding carboxylic acids is 1. The van der Waals surface area contributed by atoms with E-state index in [4.69, 9.17) is 5.11 Å². The molecule has 0 aliphatic carbocycles. The number of nitrogens with one attached hydrogen (secondary N) is 1. The van der Waals surface area contributed by atoms with Gasteiger partial charge in [0.25, 0.3) is 10.0 Å². The van der Waals surface area contributed by atoms with Gasteiger partial charge in [0.15, 0.2) is 5.78 Å². The van der Waals surface area contributed by atoms with Crippen molar-refractivity contribution < 1.29 is 23.1 Å². The number of carbonyl (C=O) groups is 2. The highest BCUT2D eigenvalue weighted by atomic mass is 32.2. The highest BCUT2D eigenvalue weighted by Crippen LogP contribution is 2.18. The van der Waals surface area contributed by atoms with E-state index < -0.39 is 16.0 Å². The number of aromatic carboxylic acids is 1. The largest absolute Gasteiger partial charge is 0.478 e. The van der Waals surface area contributed by atoms with Gasteiger partial charge in [-0.15, -0.1) is 0 Å². The summed E-state index contributed by atoms with van der Waals surface area (Å²) < 4.78 is 27.6. The van der Waals surface area contributed by atoms with Gasteiger partial charge in [-0.3, -0.25) is 9.52 Å². The number of benzene rings is 3. The third-order valence-electron chi connectivity index (χ3n) is 4.65. The van der Waals surface area contributed by atoms with Gasteiger partial charge in [0.1, 0.15) is 0 Å². The first-order valence-corrected chi connectivity index (χ1v) is 10.8. The van der Waals surface area contributed by atoms with E-state index in [0.717, 1.165) is 11.1 Å². The Morgan fingerprint density at radius 1 is 0.833 bits per heavy atom. The second-order valence-corrected chi connectivity index (χ2v) is 8.57. The lowest BCUT2D eigenvalue weighted by Gasteiger charge is -2.09. The average molecular weight is 423 g/mol. The van der Waals surface area contributed by atoms with Crippen LogP contribution >= 0.6 is 0 Å². The van der Waals surface area contributed by atoms with Crippen LogP contribution in [0.15, 0.2) is 77.7 Å². The molecule has 3 aromatic rings. The Labute approximate surface area is 175 Å². The summed E-state index contributed by atoms with van der Waals surface area (Å²) in [5.41, 5.74) is 3.07. The van der Waals surface area contributed by atoms with E-state index in [1.54, 1.807) is 30.3 Å². The number of rotatable bonds is 8. The normalized spacial score (nSPS) is 11.1. The van der Waals surface area contributed by atoms with Gasteiger partial charge in [0.05, 0.1) is 10.5 Å². The summed E-state index contributed by atoms with van der Waals surface area (Å²) in [6, 6.07) is 19.6. The van der Waals surface area contributed by atoms with Crippen LogP contribution in [0.2, 0.25) is 0 Å². The standard InChI is InChI=1S/C23H21NO5S/c1-16(25)19-9-13-22(14-10-19)30(28,29)24-21-11-7-17(8-12-21)5-6-18-3-2-4-20(15-18)23(26)27/h2-4,7-15,24H,5-6H2,1H3,(H,26,27). The zero-order valence-corrected chi connectivity index (χ0v) is 17.1. The molecule has 0 aliphatic rings. The van der Waals surface area contributed by atoms with Crippen molar-refractivity contribution in [2.24, 2.45) is 0 Å². The fourth-order valence-corrected chi connectivity index (χ4v) is 4.03. The molecule has 0 bridgehead atoms. The molecule has 6 nitrogen and oxygen atoms in total. The van der Waals surface area contributed by atoms with Crippen molar-refractivity contribution in [3.63, 3.8) is 0 Å². The zero-order chi connectivity index (χ0) is 21.7. The highest BCUT2D eigenvalue weighted by Gasteiger charge is 2.14. The predicted molar refractivity (Wildman–Crippen MR) is 115 cm³/mol. The lowest BCUT2D eigenvalue weighted by molar-refractivity contribution is 0.0696. The first-order chi connectivity index (χ1) is 14.2. The van der Waals surface area contributed by atoms with Crippen LogP contribution in [0.1, 0.15) is 38.8 Å². The van der Waals surface area contributed by atoms with E-state index in [0.29, 0.717) is 24.1 Å². The molecule has 0 spiro atoms. The molecule has 0 fully saturated rings. The summed E-state index contributed by atoms with van der Waals surface area (Å²) in [4.78, 5) is 22.5. The van der Waals surface area contributed by atoms with Gasteiger partial charge < -0.3 is 5.11 Å². The Hall–Kier alpha value is -3.45. The maximum Gasteiger partial charge on any atom is 0.335 e. The molecule has 7 heteroatoms. The van der Waals surface area contributed by atoms with E-state index in [1.165, 1.54) is 31.2 Å².